The summed E-state index contributed by atoms with van der Waals surface area (Å²) in [6.45, 7) is 0. The van der Waals surface area contributed by atoms with Crippen molar-refractivity contribution in [1.29, 1.82) is 0 Å². The van der Waals surface area contributed by atoms with E-state index in [1.165, 1.54) is 0 Å². The number of alkyl halides is 6. The van der Waals surface area contributed by atoms with Gasteiger partial charge in [0.15, 0.2) is 0 Å². The molecule has 0 amide bonds. The number of halogens is 7. The first-order valence-corrected chi connectivity index (χ1v) is 1.82. The van der Waals surface area contributed by atoms with Crippen molar-refractivity contribution >= 4 is 0 Å². The molecule has 0 unspecified atom stereocenters. The van der Waals surface area contributed by atoms with Crippen molar-refractivity contribution in [3.8, 4) is 0 Å². The molecule has 0 aromatic carbocycles. The third-order valence-electron chi connectivity index (χ3n) is 0.498. The van der Waals surface area contributed by atoms with Gasteiger partial charge in [-0.15, -0.1) is 0 Å². The third-order valence-corrected chi connectivity index (χ3v) is 0.498. The molecule has 0 radical (unpaired) electrons. The Morgan fingerprint density at radius 1 is 0.727 bits per heavy atom. The van der Waals surface area contributed by atoms with E-state index in [0.717, 1.165) is 0 Å². The summed E-state index contributed by atoms with van der Waals surface area (Å²) in [4.78, 5) is 0. The Morgan fingerprint density at radius 3 is 0.909 bits per heavy atom. The summed E-state index contributed by atoms with van der Waals surface area (Å²) >= 11 is 0. The zero-order valence-corrected chi connectivity index (χ0v) is 5.93. The van der Waals surface area contributed by atoms with E-state index < -0.39 is 18.5 Å². The van der Waals surface area contributed by atoms with Gasteiger partial charge in [-0.25, -0.2) is 26.3 Å². The molecule has 0 aromatic heterocycles. The molecule has 0 nitrogen and oxygen atoms in total. The SMILES string of the molecule is F[C-](C(F)(F)F)C(F)(F)F.[Ag+]. The first-order chi connectivity index (χ1) is 4.15. The fraction of sp³-hybridized carbons (Fsp3) is 0.667. The number of rotatable bonds is 0. The van der Waals surface area contributed by atoms with Crippen molar-refractivity contribution in [2.45, 2.75) is 12.4 Å². The molecule has 0 saturated carbocycles. The van der Waals surface area contributed by atoms with Crippen LogP contribution in [0.15, 0.2) is 0 Å². The van der Waals surface area contributed by atoms with Crippen molar-refractivity contribution in [2.24, 2.45) is 0 Å². The van der Waals surface area contributed by atoms with Crippen molar-refractivity contribution in [3.63, 3.8) is 0 Å². The van der Waals surface area contributed by atoms with Crippen LogP contribution in [-0.2, 0) is 22.4 Å². The van der Waals surface area contributed by atoms with E-state index in [1.54, 1.807) is 0 Å². The molecule has 0 spiro atoms. The zero-order valence-electron chi connectivity index (χ0n) is 4.45. The third kappa shape index (κ3) is 4.65. The van der Waals surface area contributed by atoms with Crippen LogP contribution in [0, 0.1) is 6.17 Å². The van der Waals surface area contributed by atoms with Crippen LogP contribution in [0.2, 0.25) is 0 Å². The summed E-state index contributed by atoms with van der Waals surface area (Å²) in [5.41, 5.74) is 0. The van der Waals surface area contributed by atoms with Gasteiger partial charge >= 0.3 is 34.7 Å². The average molecular weight is 277 g/mol. The van der Waals surface area contributed by atoms with E-state index >= 15 is 0 Å². The molecule has 0 aromatic rings. The Kier molecular flexibility index (Phi) is 4.74. The molecule has 0 atom stereocenters. The van der Waals surface area contributed by atoms with Crippen molar-refractivity contribution in [2.75, 3.05) is 0 Å². The van der Waals surface area contributed by atoms with E-state index in [-0.39, 0.29) is 22.4 Å². The molecule has 0 bridgehead atoms. The smallest absolute Gasteiger partial charge is 0.438 e. The number of hydrogen-bond donors (Lipinski definition) is 0. The molecule has 11 heavy (non-hydrogen) atoms. The quantitative estimate of drug-likeness (QED) is 0.362. The van der Waals surface area contributed by atoms with Crippen LogP contribution in [0.3, 0.4) is 0 Å². The topological polar surface area (TPSA) is 0 Å². The van der Waals surface area contributed by atoms with Gasteiger partial charge in [0, 0.05) is 6.17 Å². The monoisotopic (exact) mass is 276 g/mol. The van der Waals surface area contributed by atoms with Crippen LogP contribution in [0.25, 0.3) is 0 Å². The summed E-state index contributed by atoms with van der Waals surface area (Å²) in [5.74, 6) is 0. The van der Waals surface area contributed by atoms with Gasteiger partial charge in [-0.2, -0.15) is 0 Å². The normalized spacial score (nSPS) is 13.1. The van der Waals surface area contributed by atoms with Crippen LogP contribution in [0.1, 0.15) is 0 Å². The molecule has 8 heteroatoms. The molecule has 0 saturated heterocycles. The van der Waals surface area contributed by atoms with Gasteiger partial charge in [-0.05, 0) is 0 Å². The molecule has 0 fully saturated rings. The van der Waals surface area contributed by atoms with E-state index in [1.807, 2.05) is 0 Å². The minimum Gasteiger partial charge on any atom is -0.438 e. The largest absolute Gasteiger partial charge is 1.00 e. The Balaban J connectivity index is 0. The minimum atomic E-state index is -5.93. The molecule has 0 rings (SSSR count). The number of hydrogen-bond acceptors (Lipinski definition) is 0. The Morgan fingerprint density at radius 2 is 0.909 bits per heavy atom. The molecule has 0 aliphatic heterocycles. The Bertz CT molecular complexity index is 97.8. The molecule has 0 aliphatic rings. The van der Waals surface area contributed by atoms with Gasteiger partial charge < -0.3 is 4.39 Å². The molecular formula is C3AgF7. The first-order valence-electron chi connectivity index (χ1n) is 1.82. The molecule has 72 valence electrons. The summed E-state index contributed by atoms with van der Waals surface area (Å²) in [6.07, 6.45) is -15.8. The van der Waals surface area contributed by atoms with Gasteiger partial charge in [-0.3, -0.25) is 0 Å². The van der Waals surface area contributed by atoms with Gasteiger partial charge in [0.05, 0.1) is 0 Å². The van der Waals surface area contributed by atoms with Gasteiger partial charge in [0.2, 0.25) is 0 Å². The summed E-state index contributed by atoms with van der Waals surface area (Å²) < 4.78 is 76.0. The van der Waals surface area contributed by atoms with Crippen LogP contribution >= 0.6 is 0 Å². The van der Waals surface area contributed by atoms with E-state index in [4.69, 9.17) is 0 Å². The van der Waals surface area contributed by atoms with Crippen molar-refractivity contribution < 1.29 is 53.1 Å². The molecule has 0 heterocycles. The van der Waals surface area contributed by atoms with Gasteiger partial charge in [0.1, 0.15) is 0 Å². The van der Waals surface area contributed by atoms with Crippen LogP contribution in [0.4, 0.5) is 30.7 Å². The van der Waals surface area contributed by atoms with Gasteiger partial charge in [0.25, 0.3) is 0 Å². The standard InChI is InChI=1S/C3F7.Ag/c4-1(2(5,6)7)3(8,9)10;/q-1;+1. The van der Waals surface area contributed by atoms with E-state index in [2.05, 4.69) is 0 Å². The van der Waals surface area contributed by atoms with Crippen molar-refractivity contribution in [1.82, 2.24) is 0 Å². The second-order valence-electron chi connectivity index (χ2n) is 1.31. The molecular weight excluding hydrogens is 277 g/mol. The zero-order chi connectivity index (χ0) is 8.58. The van der Waals surface area contributed by atoms with Crippen LogP contribution in [0.5, 0.6) is 0 Å². The van der Waals surface area contributed by atoms with Crippen LogP contribution < -0.4 is 0 Å². The maximum Gasteiger partial charge on any atom is 1.00 e. The predicted molar refractivity (Wildman–Crippen MR) is 16.5 cm³/mol. The summed E-state index contributed by atoms with van der Waals surface area (Å²) in [5, 5.41) is 0. The fourth-order valence-electron chi connectivity index (χ4n) is 0.161. The molecule has 0 N–H and O–H groups in total. The molecule has 0 aliphatic carbocycles. The van der Waals surface area contributed by atoms with Crippen molar-refractivity contribution in [3.05, 3.63) is 6.17 Å². The Hall–Kier alpha value is 0.250. The Labute approximate surface area is 72.3 Å². The predicted octanol–water partition coefficient (Wildman–Crippen LogP) is 2.61. The first kappa shape index (κ1) is 13.8. The maximum absolute atomic E-state index is 11.1. The average Bonchev–Trinajstić information content (AvgIpc) is 1.59. The van der Waals surface area contributed by atoms with Gasteiger partial charge in [-0.1, -0.05) is 0 Å². The van der Waals surface area contributed by atoms with Crippen LogP contribution in [-0.4, -0.2) is 12.4 Å². The van der Waals surface area contributed by atoms with E-state index in [9.17, 15) is 30.7 Å². The second-order valence-corrected chi connectivity index (χ2v) is 1.31. The fourth-order valence-corrected chi connectivity index (χ4v) is 0.161. The van der Waals surface area contributed by atoms with E-state index in [0.29, 0.717) is 0 Å². The summed E-state index contributed by atoms with van der Waals surface area (Å²) in [7, 11) is 0. The second kappa shape index (κ2) is 3.77. The summed E-state index contributed by atoms with van der Waals surface area (Å²) in [6, 6.07) is 0. The minimum absolute atomic E-state index is 0. The maximum atomic E-state index is 11.1.